The van der Waals surface area contributed by atoms with Crippen LogP contribution in [0.1, 0.15) is 0 Å². The Kier molecular flexibility index (Phi) is 3.94. The van der Waals surface area contributed by atoms with Gasteiger partial charge in [0, 0.05) is 5.02 Å². The highest BCUT2D eigenvalue weighted by atomic mass is 35.5. The summed E-state index contributed by atoms with van der Waals surface area (Å²) in [5.41, 5.74) is 0.167. The Morgan fingerprint density at radius 1 is 1.42 bits per heavy atom. The molecule has 2 N–H and O–H groups in total. The molecule has 1 heterocycles. The first-order valence-electron chi connectivity index (χ1n) is 5.46. The predicted molar refractivity (Wildman–Crippen MR) is 74.4 cm³/mol. The average Bonchev–Trinajstić information content (AvgIpc) is 2.40. The molecule has 0 unspecified atom stereocenters. The zero-order valence-corrected chi connectivity index (χ0v) is 10.8. The maximum absolute atomic E-state index is 11.9. The summed E-state index contributed by atoms with van der Waals surface area (Å²) in [4.78, 5) is 19.7. The van der Waals surface area contributed by atoms with Crippen LogP contribution in [-0.2, 0) is 0 Å². The van der Waals surface area contributed by atoms with Crippen LogP contribution in [0.4, 0.5) is 5.95 Å². The molecule has 2 aromatic rings. The van der Waals surface area contributed by atoms with E-state index < -0.39 is 5.69 Å². The van der Waals surface area contributed by atoms with E-state index >= 15 is 0 Å². The van der Waals surface area contributed by atoms with Crippen LogP contribution in [0.15, 0.2) is 48.0 Å². The van der Waals surface area contributed by atoms with Crippen molar-refractivity contribution in [2.45, 2.75) is 0 Å². The van der Waals surface area contributed by atoms with Gasteiger partial charge in [-0.2, -0.15) is 4.98 Å². The SMILES string of the molecule is C=CCN(N)c1ncn(-c2ccc(Cl)cc2)c(=O)n1. The second kappa shape index (κ2) is 5.64. The third-order valence-corrected chi connectivity index (χ3v) is 2.63. The highest BCUT2D eigenvalue weighted by Crippen LogP contribution is 2.11. The van der Waals surface area contributed by atoms with Gasteiger partial charge < -0.3 is 0 Å². The molecule has 0 aliphatic carbocycles. The van der Waals surface area contributed by atoms with E-state index in [4.69, 9.17) is 17.4 Å². The van der Waals surface area contributed by atoms with Gasteiger partial charge in [0.25, 0.3) is 0 Å². The molecule has 0 amide bonds. The zero-order valence-electron chi connectivity index (χ0n) is 10.0. The van der Waals surface area contributed by atoms with Crippen LogP contribution in [0.3, 0.4) is 0 Å². The Hall–Kier alpha value is -2.18. The van der Waals surface area contributed by atoms with Crippen molar-refractivity contribution in [3.63, 3.8) is 0 Å². The normalized spacial score (nSPS) is 10.2. The Morgan fingerprint density at radius 2 is 2.11 bits per heavy atom. The summed E-state index contributed by atoms with van der Waals surface area (Å²) in [5, 5.41) is 1.83. The number of hydrogen-bond donors (Lipinski definition) is 1. The van der Waals surface area contributed by atoms with E-state index in [-0.39, 0.29) is 5.95 Å². The molecule has 0 bridgehead atoms. The van der Waals surface area contributed by atoms with Gasteiger partial charge in [-0.15, -0.1) is 6.58 Å². The molecule has 0 atom stereocenters. The summed E-state index contributed by atoms with van der Waals surface area (Å²) in [5.74, 6) is 5.80. The number of rotatable bonds is 4. The minimum absolute atomic E-state index is 0.148. The van der Waals surface area contributed by atoms with E-state index in [1.54, 1.807) is 30.3 Å². The van der Waals surface area contributed by atoms with Gasteiger partial charge in [0.2, 0.25) is 5.95 Å². The van der Waals surface area contributed by atoms with E-state index in [1.807, 2.05) is 0 Å². The number of nitrogens with zero attached hydrogens (tertiary/aromatic N) is 4. The molecule has 19 heavy (non-hydrogen) atoms. The second-order valence-corrected chi connectivity index (χ2v) is 4.16. The maximum atomic E-state index is 11.9. The van der Waals surface area contributed by atoms with E-state index in [0.717, 1.165) is 0 Å². The first-order chi connectivity index (χ1) is 9.11. The zero-order chi connectivity index (χ0) is 13.8. The molecule has 0 saturated heterocycles. The van der Waals surface area contributed by atoms with Gasteiger partial charge in [0.15, 0.2) is 0 Å². The minimum atomic E-state index is -0.466. The van der Waals surface area contributed by atoms with Crippen LogP contribution in [0, 0.1) is 0 Å². The molecule has 6 nitrogen and oxygen atoms in total. The van der Waals surface area contributed by atoms with Crippen LogP contribution >= 0.6 is 11.6 Å². The van der Waals surface area contributed by atoms with Crippen molar-refractivity contribution < 1.29 is 0 Å². The van der Waals surface area contributed by atoms with Gasteiger partial charge in [-0.05, 0) is 24.3 Å². The van der Waals surface area contributed by atoms with Crippen molar-refractivity contribution in [2.24, 2.45) is 5.84 Å². The van der Waals surface area contributed by atoms with Gasteiger partial charge in [0.1, 0.15) is 6.33 Å². The van der Waals surface area contributed by atoms with Gasteiger partial charge in [0.05, 0.1) is 12.2 Å². The van der Waals surface area contributed by atoms with Crippen molar-refractivity contribution in [1.82, 2.24) is 14.5 Å². The quantitative estimate of drug-likeness (QED) is 0.515. The summed E-state index contributed by atoms with van der Waals surface area (Å²) in [6.45, 7) is 3.90. The van der Waals surface area contributed by atoms with Crippen molar-refractivity contribution >= 4 is 17.5 Å². The van der Waals surface area contributed by atoms with Gasteiger partial charge in [-0.25, -0.2) is 15.6 Å². The highest BCUT2D eigenvalue weighted by Gasteiger charge is 2.07. The van der Waals surface area contributed by atoms with Crippen LogP contribution < -0.4 is 16.5 Å². The monoisotopic (exact) mass is 277 g/mol. The number of halogens is 1. The number of hydrogen-bond acceptors (Lipinski definition) is 5. The lowest BCUT2D eigenvalue weighted by molar-refractivity contribution is 0.799. The standard InChI is InChI=1S/C12H12ClN5O/c1-2-7-18(14)11-15-8-17(12(19)16-11)10-5-3-9(13)4-6-10/h2-6,8H,1,7,14H2. The Bertz CT molecular complexity index is 637. The highest BCUT2D eigenvalue weighted by molar-refractivity contribution is 6.30. The lowest BCUT2D eigenvalue weighted by Gasteiger charge is -2.13. The molecular weight excluding hydrogens is 266 g/mol. The summed E-state index contributed by atoms with van der Waals surface area (Å²) >= 11 is 5.79. The molecule has 1 aromatic heterocycles. The molecule has 0 fully saturated rings. The Balaban J connectivity index is 2.37. The van der Waals surface area contributed by atoms with Gasteiger partial charge in [-0.3, -0.25) is 9.58 Å². The topological polar surface area (TPSA) is 77.0 Å². The lowest BCUT2D eigenvalue weighted by Crippen LogP contribution is -2.35. The first kappa shape index (κ1) is 13.3. The smallest absolute Gasteiger partial charge is 0.275 e. The van der Waals surface area contributed by atoms with Crippen molar-refractivity contribution in [3.8, 4) is 5.69 Å². The number of hydrazine groups is 1. The predicted octanol–water partition coefficient (Wildman–Crippen LogP) is 1.15. The number of aromatic nitrogens is 3. The molecule has 2 rings (SSSR count). The summed E-state index contributed by atoms with van der Waals surface area (Å²) < 4.78 is 1.31. The number of nitrogens with two attached hydrogens (primary N) is 1. The van der Waals surface area contributed by atoms with Crippen molar-refractivity contribution in [1.29, 1.82) is 0 Å². The fourth-order valence-corrected chi connectivity index (χ4v) is 1.59. The van der Waals surface area contributed by atoms with Crippen molar-refractivity contribution in [2.75, 3.05) is 11.6 Å². The fourth-order valence-electron chi connectivity index (χ4n) is 1.46. The lowest BCUT2D eigenvalue weighted by atomic mass is 10.3. The number of anilines is 1. The average molecular weight is 278 g/mol. The second-order valence-electron chi connectivity index (χ2n) is 3.73. The molecule has 0 spiro atoms. The largest absolute Gasteiger partial charge is 0.356 e. The summed E-state index contributed by atoms with van der Waals surface area (Å²) in [6.07, 6.45) is 2.96. The maximum Gasteiger partial charge on any atom is 0.356 e. The van der Waals surface area contributed by atoms with Gasteiger partial charge in [-0.1, -0.05) is 17.7 Å². The summed E-state index contributed by atoms with van der Waals surface area (Å²) in [6, 6.07) is 6.78. The first-order valence-corrected chi connectivity index (χ1v) is 5.84. The van der Waals surface area contributed by atoms with Crippen LogP contribution in [0.5, 0.6) is 0 Å². The third kappa shape index (κ3) is 2.98. The molecule has 98 valence electrons. The Morgan fingerprint density at radius 3 is 2.68 bits per heavy atom. The molecule has 0 saturated carbocycles. The molecule has 7 heteroatoms. The van der Waals surface area contributed by atoms with E-state index in [0.29, 0.717) is 17.3 Å². The van der Waals surface area contributed by atoms with Crippen LogP contribution in [0.2, 0.25) is 5.02 Å². The third-order valence-electron chi connectivity index (χ3n) is 2.38. The molecule has 0 aliphatic rings. The van der Waals surface area contributed by atoms with E-state index in [1.165, 1.54) is 15.9 Å². The molecule has 1 aromatic carbocycles. The fraction of sp³-hybridized carbons (Fsp3) is 0.0833. The molecule has 0 aliphatic heterocycles. The molecular formula is C12H12ClN5O. The summed E-state index contributed by atoms with van der Waals surface area (Å²) in [7, 11) is 0. The minimum Gasteiger partial charge on any atom is -0.275 e. The van der Waals surface area contributed by atoms with E-state index in [2.05, 4.69) is 16.5 Å². The van der Waals surface area contributed by atoms with Gasteiger partial charge >= 0.3 is 5.69 Å². The Labute approximate surface area is 114 Å². The van der Waals surface area contributed by atoms with Crippen LogP contribution in [-0.4, -0.2) is 21.1 Å². The van der Waals surface area contributed by atoms with E-state index in [9.17, 15) is 4.79 Å². The van der Waals surface area contributed by atoms with Crippen molar-refractivity contribution in [3.05, 3.63) is 58.8 Å². The molecule has 0 radical (unpaired) electrons. The van der Waals surface area contributed by atoms with Crippen LogP contribution in [0.25, 0.3) is 5.69 Å². The number of benzene rings is 1.